The number of anilines is 2. The van der Waals surface area contributed by atoms with E-state index in [2.05, 4.69) is 150 Å². The average Bonchev–Trinajstić information content (AvgIpc) is 2.98. The number of rotatable bonds is 12. The van der Waals surface area contributed by atoms with Gasteiger partial charge in [-0.05, 0) is 79.7 Å². The molecule has 4 nitrogen and oxygen atoms in total. The van der Waals surface area contributed by atoms with Crippen LogP contribution >= 0.6 is 16.1 Å². The molecule has 0 aromatic heterocycles. The number of hydrogen-bond donors (Lipinski definition) is 0. The molecule has 0 aliphatic rings. The molecule has 0 saturated carbocycles. The fourth-order valence-electron chi connectivity index (χ4n) is 5.20. The van der Waals surface area contributed by atoms with E-state index < -0.39 is 16.1 Å². The Morgan fingerprint density at radius 3 is 0.860 bits per heavy atom. The molecule has 0 heterocycles. The van der Waals surface area contributed by atoms with Crippen LogP contribution in [0.2, 0.25) is 0 Å². The Balaban J connectivity index is 0.000000293. The van der Waals surface area contributed by atoms with E-state index in [-0.39, 0.29) is 16.8 Å². The van der Waals surface area contributed by atoms with Crippen LogP contribution in [0, 0.1) is 0 Å². The first-order chi connectivity index (χ1) is 20.2. The zero-order valence-corrected chi connectivity index (χ0v) is 30.0. The van der Waals surface area contributed by atoms with E-state index >= 15 is 0 Å². The third-order valence-electron chi connectivity index (χ3n) is 6.80. The molecule has 0 bridgehead atoms. The van der Waals surface area contributed by atoms with Gasteiger partial charge in [0.2, 0.25) is 0 Å². The van der Waals surface area contributed by atoms with Crippen LogP contribution in [0.4, 0.5) is 22.7 Å². The predicted octanol–water partition coefficient (Wildman–Crippen LogP) is 12.1. The summed E-state index contributed by atoms with van der Waals surface area (Å²) in [6.45, 7) is 18.5. The summed E-state index contributed by atoms with van der Waals surface area (Å²) in [4.78, 5) is 0. The molecule has 0 amide bonds. The Bertz CT molecular complexity index is 1140. The van der Waals surface area contributed by atoms with Gasteiger partial charge >= 0.3 is 16.8 Å². The van der Waals surface area contributed by atoms with Crippen LogP contribution in [-0.2, 0) is 16.8 Å². The Morgan fingerprint density at radius 2 is 0.628 bits per heavy atom. The zero-order valence-electron chi connectivity index (χ0n) is 27.0. The van der Waals surface area contributed by atoms with Gasteiger partial charge in [0, 0.05) is 0 Å². The van der Waals surface area contributed by atoms with E-state index in [0.717, 1.165) is 11.4 Å². The minimum atomic E-state index is -0.800. The average molecular weight is 660 g/mol. The van der Waals surface area contributed by atoms with Crippen LogP contribution < -0.4 is 9.56 Å². The van der Waals surface area contributed by atoms with E-state index in [0.29, 0.717) is 22.6 Å². The van der Waals surface area contributed by atoms with Gasteiger partial charge < -0.3 is 20.4 Å². The maximum atomic E-state index is 4.95. The Morgan fingerprint density at radius 1 is 0.395 bits per heavy atom. The molecular formula is C36H50CoN4P2+2. The van der Waals surface area contributed by atoms with Crippen molar-refractivity contribution in [3.63, 3.8) is 0 Å². The summed E-state index contributed by atoms with van der Waals surface area (Å²) < 4.78 is 4.57. The molecule has 0 fully saturated rings. The predicted molar refractivity (Wildman–Crippen MR) is 194 cm³/mol. The number of nitrogens with zero attached hydrogens (tertiary/aromatic N) is 4. The fraction of sp³-hybridized carbons (Fsp3) is 0.333. The quantitative estimate of drug-likeness (QED) is 0.112. The summed E-state index contributed by atoms with van der Waals surface area (Å²) in [5.41, 5.74) is 16.8. The number of benzene rings is 4. The van der Waals surface area contributed by atoms with Crippen LogP contribution in [-0.4, -0.2) is 22.6 Å². The molecule has 4 rings (SSSR count). The maximum absolute atomic E-state index is 4.95. The molecule has 0 saturated heterocycles. The normalized spacial score (nSPS) is 10.9. The smallest absolute Gasteiger partial charge is 0.560 e. The summed E-state index contributed by atoms with van der Waals surface area (Å²) in [7, 11) is -1.60. The Hall–Kier alpha value is -2.55. The van der Waals surface area contributed by atoms with Gasteiger partial charge in [-0.1, -0.05) is 97.1 Å². The second kappa shape index (κ2) is 19.0. The summed E-state index contributed by atoms with van der Waals surface area (Å²) in [5, 5.41) is 0. The maximum Gasteiger partial charge on any atom is 2.00 e. The molecule has 4 aromatic carbocycles. The second-order valence-electron chi connectivity index (χ2n) is 11.6. The van der Waals surface area contributed by atoms with E-state index in [9.17, 15) is 0 Å². The van der Waals surface area contributed by atoms with E-state index in [1.165, 1.54) is 11.4 Å². The topological polar surface area (TPSA) is 34.7 Å². The molecule has 0 N–H and O–H groups in total. The van der Waals surface area contributed by atoms with Crippen molar-refractivity contribution in [1.29, 1.82) is 0 Å². The number of para-hydroxylation sites is 2. The summed E-state index contributed by atoms with van der Waals surface area (Å²) in [6.07, 6.45) is 0. The van der Waals surface area contributed by atoms with Gasteiger partial charge in [0.1, 0.15) is 0 Å². The molecule has 0 unspecified atom stereocenters. The molecular weight excluding hydrogens is 609 g/mol. The van der Waals surface area contributed by atoms with Crippen molar-refractivity contribution >= 4 is 38.9 Å². The van der Waals surface area contributed by atoms with Gasteiger partial charge in [-0.15, -0.1) is 11.4 Å². The first-order valence-electron chi connectivity index (χ1n) is 15.2. The van der Waals surface area contributed by atoms with E-state index in [4.69, 9.17) is 10.9 Å². The SMILES string of the molecule is CC(C)[PH+](C(C)C)N([N-]c1ccccc1)c1ccccc1.CC(C)[PH+](C(C)C)N([N-]c1ccccc1)c1ccccc1.[Co+2]. The molecule has 4 aromatic rings. The largest absolute Gasteiger partial charge is 2.00 e. The standard InChI is InChI=1S/2C18H24N2P.Co/c2*1-15(2)21(16(3)4)20(18-13-9-6-10-14-18)19-17-11-7-5-8-12-17;/h2*5-16H,1-4H3;/q2*-1;+2/p+2. The van der Waals surface area contributed by atoms with Crippen LogP contribution in [0.3, 0.4) is 0 Å². The van der Waals surface area contributed by atoms with Gasteiger partial charge in [-0.3, -0.25) is 0 Å². The molecule has 0 spiro atoms. The minimum Gasteiger partial charge on any atom is -0.560 e. The molecule has 7 heteroatoms. The van der Waals surface area contributed by atoms with Crippen LogP contribution in [0.1, 0.15) is 55.4 Å². The van der Waals surface area contributed by atoms with Crippen molar-refractivity contribution in [3.05, 3.63) is 132 Å². The van der Waals surface area contributed by atoms with Gasteiger partial charge in [0.25, 0.3) is 0 Å². The van der Waals surface area contributed by atoms with Gasteiger partial charge in [-0.25, -0.2) is 0 Å². The third-order valence-corrected chi connectivity index (χ3v) is 13.2. The van der Waals surface area contributed by atoms with Crippen LogP contribution in [0.5, 0.6) is 0 Å². The molecule has 231 valence electrons. The fourth-order valence-corrected chi connectivity index (χ4v) is 11.2. The van der Waals surface area contributed by atoms with Crippen LogP contribution in [0.25, 0.3) is 10.9 Å². The Kier molecular flexibility index (Phi) is 16.2. The second-order valence-corrected chi connectivity index (χ2v) is 18.8. The molecule has 1 radical (unpaired) electrons. The van der Waals surface area contributed by atoms with Crippen molar-refractivity contribution < 1.29 is 16.8 Å². The van der Waals surface area contributed by atoms with Crippen molar-refractivity contribution in [2.24, 2.45) is 0 Å². The van der Waals surface area contributed by atoms with Crippen molar-refractivity contribution in [2.75, 3.05) is 9.56 Å². The van der Waals surface area contributed by atoms with Crippen molar-refractivity contribution in [3.8, 4) is 0 Å². The van der Waals surface area contributed by atoms with Crippen molar-refractivity contribution in [2.45, 2.75) is 78.0 Å². The monoisotopic (exact) mass is 659 g/mol. The van der Waals surface area contributed by atoms with Gasteiger partial charge in [-0.2, -0.15) is 0 Å². The zero-order chi connectivity index (χ0) is 30.5. The van der Waals surface area contributed by atoms with Crippen molar-refractivity contribution in [1.82, 2.24) is 0 Å². The molecule has 0 aliphatic heterocycles. The van der Waals surface area contributed by atoms with Crippen LogP contribution in [0.15, 0.2) is 121 Å². The molecule has 0 aliphatic carbocycles. The van der Waals surface area contributed by atoms with Gasteiger partial charge in [0.05, 0.1) is 50.2 Å². The van der Waals surface area contributed by atoms with E-state index in [1.54, 1.807) is 0 Å². The minimum absolute atomic E-state index is 0. The summed E-state index contributed by atoms with van der Waals surface area (Å²) >= 11 is 0. The number of hydrogen-bond acceptors (Lipinski definition) is 2. The summed E-state index contributed by atoms with van der Waals surface area (Å²) in [6, 6.07) is 41.6. The first-order valence-corrected chi connectivity index (χ1v) is 18.4. The molecule has 43 heavy (non-hydrogen) atoms. The van der Waals surface area contributed by atoms with E-state index in [1.807, 2.05) is 36.4 Å². The first kappa shape index (κ1) is 36.6. The van der Waals surface area contributed by atoms with Gasteiger partial charge in [0.15, 0.2) is 0 Å². The molecule has 0 atom stereocenters. The summed E-state index contributed by atoms with van der Waals surface area (Å²) in [5.74, 6) is 0. The third kappa shape index (κ3) is 11.5. The Labute approximate surface area is 274 Å².